The SMILES string of the molecule is C/C=C\C(=N/N(C=O)Cc1cccc(-c2ncc(OCC3CCNCC3)cn2)c1)c1cccc(C#N)c1. The van der Waals surface area contributed by atoms with E-state index in [0.717, 1.165) is 42.6 Å². The van der Waals surface area contributed by atoms with Crippen molar-refractivity contribution in [3.63, 3.8) is 0 Å². The molecule has 188 valence electrons. The third-order valence-corrected chi connectivity index (χ3v) is 6.07. The summed E-state index contributed by atoms with van der Waals surface area (Å²) in [4.78, 5) is 20.8. The van der Waals surface area contributed by atoms with E-state index in [1.165, 1.54) is 5.01 Å². The minimum absolute atomic E-state index is 0.272. The fraction of sp³-hybridized carbons (Fsp3) is 0.276. The van der Waals surface area contributed by atoms with Gasteiger partial charge in [0.15, 0.2) is 11.6 Å². The highest BCUT2D eigenvalue weighted by Crippen LogP contribution is 2.20. The molecule has 0 spiro atoms. The van der Waals surface area contributed by atoms with Gasteiger partial charge in [0.05, 0.1) is 42.9 Å². The zero-order chi connectivity index (χ0) is 25.9. The standard InChI is InChI=1S/C29H30N6O2/c1-2-5-28(25-8-3-6-23(14-25)16-30)34-35(21-36)19-24-7-4-9-26(15-24)29-32-17-27(18-33-29)37-20-22-10-12-31-13-11-22/h2-9,14-15,17-18,21-22,31H,10-13,19-20H2,1H3/b5-2-,34-28+. The number of carbonyl (C=O) groups excluding carboxylic acids is 1. The van der Waals surface area contributed by atoms with Crippen molar-refractivity contribution in [3.8, 4) is 23.2 Å². The van der Waals surface area contributed by atoms with E-state index in [2.05, 4.69) is 26.5 Å². The van der Waals surface area contributed by atoms with Gasteiger partial charge in [0.1, 0.15) is 0 Å². The van der Waals surface area contributed by atoms with Crippen LogP contribution in [0.3, 0.4) is 0 Å². The molecule has 2 aromatic carbocycles. The van der Waals surface area contributed by atoms with E-state index in [-0.39, 0.29) is 6.54 Å². The van der Waals surface area contributed by atoms with Crippen LogP contribution < -0.4 is 10.1 Å². The summed E-state index contributed by atoms with van der Waals surface area (Å²) in [5.74, 6) is 1.81. The average Bonchev–Trinajstić information content (AvgIpc) is 2.96. The second kappa shape index (κ2) is 13.1. The molecule has 0 unspecified atom stereocenters. The molecule has 8 heteroatoms. The smallest absolute Gasteiger partial charge is 0.230 e. The van der Waals surface area contributed by atoms with Crippen molar-refractivity contribution in [2.24, 2.45) is 11.0 Å². The molecule has 0 bridgehead atoms. The summed E-state index contributed by atoms with van der Waals surface area (Å²) >= 11 is 0. The molecule has 4 rings (SSSR count). The van der Waals surface area contributed by atoms with Gasteiger partial charge >= 0.3 is 0 Å². The third-order valence-electron chi connectivity index (χ3n) is 6.07. The van der Waals surface area contributed by atoms with Crippen molar-refractivity contribution in [2.45, 2.75) is 26.3 Å². The maximum atomic E-state index is 11.9. The Kier molecular flexibility index (Phi) is 9.11. The highest BCUT2D eigenvalue weighted by Gasteiger charge is 2.14. The molecule has 1 saturated heterocycles. The monoisotopic (exact) mass is 494 g/mol. The Bertz CT molecular complexity index is 1290. The Morgan fingerprint density at radius 3 is 2.70 bits per heavy atom. The summed E-state index contributed by atoms with van der Waals surface area (Å²) in [6.45, 7) is 4.91. The highest BCUT2D eigenvalue weighted by atomic mass is 16.5. The number of rotatable bonds is 10. The first-order chi connectivity index (χ1) is 18.2. The predicted molar refractivity (Wildman–Crippen MR) is 143 cm³/mol. The van der Waals surface area contributed by atoms with Crippen LogP contribution in [0, 0.1) is 17.2 Å². The minimum atomic E-state index is 0.272. The van der Waals surface area contributed by atoms with Gasteiger partial charge in [-0.15, -0.1) is 0 Å². The molecular formula is C29H30N6O2. The summed E-state index contributed by atoms with van der Waals surface area (Å²) in [6.07, 6.45) is 10.00. The van der Waals surface area contributed by atoms with Crippen LogP contribution in [0.4, 0.5) is 0 Å². The molecule has 1 fully saturated rings. The number of allylic oxidation sites excluding steroid dienone is 2. The van der Waals surface area contributed by atoms with E-state index in [9.17, 15) is 10.1 Å². The lowest BCUT2D eigenvalue weighted by molar-refractivity contribution is -0.118. The molecule has 1 aromatic heterocycles. The quantitative estimate of drug-likeness (QED) is 0.256. The largest absolute Gasteiger partial charge is 0.490 e. The number of ether oxygens (including phenoxy) is 1. The molecule has 0 aliphatic carbocycles. The summed E-state index contributed by atoms with van der Waals surface area (Å²) < 4.78 is 5.90. The van der Waals surface area contributed by atoms with E-state index in [0.29, 0.717) is 41.8 Å². The summed E-state index contributed by atoms with van der Waals surface area (Å²) in [5.41, 5.74) is 3.60. The van der Waals surface area contributed by atoms with Crippen LogP contribution in [0.15, 0.2) is 78.2 Å². The van der Waals surface area contributed by atoms with Gasteiger partial charge in [-0.3, -0.25) is 4.79 Å². The Morgan fingerprint density at radius 1 is 1.19 bits per heavy atom. The number of hydrazone groups is 1. The molecule has 3 aromatic rings. The fourth-order valence-electron chi connectivity index (χ4n) is 4.13. The topological polar surface area (TPSA) is 104 Å². The van der Waals surface area contributed by atoms with Gasteiger partial charge in [0, 0.05) is 11.1 Å². The lowest BCUT2D eigenvalue weighted by atomic mass is 9.99. The number of nitrogens with one attached hydrogen (secondary N) is 1. The van der Waals surface area contributed by atoms with Crippen LogP contribution in [0.1, 0.15) is 36.5 Å². The number of hydrogen-bond acceptors (Lipinski definition) is 7. The van der Waals surface area contributed by atoms with Crippen molar-refractivity contribution < 1.29 is 9.53 Å². The molecule has 37 heavy (non-hydrogen) atoms. The maximum absolute atomic E-state index is 11.9. The molecule has 8 nitrogen and oxygen atoms in total. The third kappa shape index (κ3) is 7.32. The predicted octanol–water partition coefficient (Wildman–Crippen LogP) is 4.33. The second-order valence-corrected chi connectivity index (χ2v) is 8.83. The molecule has 1 N–H and O–H groups in total. The van der Waals surface area contributed by atoms with Crippen LogP contribution >= 0.6 is 0 Å². The molecule has 1 aliphatic heterocycles. The van der Waals surface area contributed by atoms with Gasteiger partial charge in [0.25, 0.3) is 0 Å². The van der Waals surface area contributed by atoms with E-state index in [1.807, 2.05) is 49.4 Å². The Hall–Kier alpha value is -4.35. The van der Waals surface area contributed by atoms with Crippen LogP contribution in [-0.2, 0) is 11.3 Å². The Morgan fingerprint density at radius 2 is 1.97 bits per heavy atom. The number of aromatic nitrogens is 2. The first-order valence-corrected chi connectivity index (χ1v) is 12.4. The Balaban J connectivity index is 1.45. The van der Waals surface area contributed by atoms with Crippen molar-refractivity contribution in [1.29, 1.82) is 5.26 Å². The second-order valence-electron chi connectivity index (χ2n) is 8.83. The lowest BCUT2D eigenvalue weighted by Crippen LogP contribution is -2.30. The first-order valence-electron chi connectivity index (χ1n) is 12.4. The minimum Gasteiger partial charge on any atom is -0.490 e. The molecule has 2 heterocycles. The highest BCUT2D eigenvalue weighted by molar-refractivity contribution is 6.08. The van der Waals surface area contributed by atoms with Gasteiger partial charge < -0.3 is 10.1 Å². The number of nitriles is 1. The summed E-state index contributed by atoms with van der Waals surface area (Å²) in [6, 6.07) is 17.0. The van der Waals surface area contributed by atoms with Crippen LogP contribution in [0.25, 0.3) is 11.4 Å². The van der Waals surface area contributed by atoms with Crippen LogP contribution in [0.2, 0.25) is 0 Å². The van der Waals surface area contributed by atoms with Gasteiger partial charge in [-0.1, -0.05) is 36.4 Å². The van der Waals surface area contributed by atoms with E-state index < -0.39 is 0 Å². The Labute approximate surface area is 217 Å². The normalized spacial score (nSPS) is 14.3. The zero-order valence-corrected chi connectivity index (χ0v) is 20.9. The lowest BCUT2D eigenvalue weighted by Gasteiger charge is -2.22. The van der Waals surface area contributed by atoms with Crippen LogP contribution in [0.5, 0.6) is 5.75 Å². The van der Waals surface area contributed by atoms with Crippen molar-refractivity contribution >= 4 is 12.1 Å². The van der Waals surface area contributed by atoms with Gasteiger partial charge in [-0.05, 0) is 68.6 Å². The summed E-state index contributed by atoms with van der Waals surface area (Å²) in [7, 11) is 0. The van der Waals surface area contributed by atoms with E-state index in [1.54, 1.807) is 30.6 Å². The number of piperidine rings is 1. The number of amides is 1. The summed E-state index contributed by atoms with van der Waals surface area (Å²) in [5, 5.41) is 18.5. The zero-order valence-electron chi connectivity index (χ0n) is 20.9. The number of hydrogen-bond donors (Lipinski definition) is 1. The molecular weight excluding hydrogens is 464 g/mol. The van der Waals surface area contributed by atoms with Crippen LogP contribution in [-0.4, -0.2) is 46.8 Å². The number of benzene rings is 2. The fourth-order valence-corrected chi connectivity index (χ4v) is 4.13. The van der Waals surface area contributed by atoms with Crippen molar-refractivity contribution in [1.82, 2.24) is 20.3 Å². The number of nitrogens with zero attached hydrogens (tertiary/aromatic N) is 5. The van der Waals surface area contributed by atoms with Gasteiger partial charge in [-0.2, -0.15) is 10.4 Å². The molecule has 0 saturated carbocycles. The van der Waals surface area contributed by atoms with Gasteiger partial charge in [-0.25, -0.2) is 15.0 Å². The molecule has 0 atom stereocenters. The maximum Gasteiger partial charge on any atom is 0.230 e. The molecule has 0 radical (unpaired) electrons. The van der Waals surface area contributed by atoms with E-state index in [4.69, 9.17) is 4.74 Å². The van der Waals surface area contributed by atoms with Crippen molar-refractivity contribution in [3.05, 3.63) is 89.8 Å². The van der Waals surface area contributed by atoms with Crippen molar-refractivity contribution in [2.75, 3.05) is 19.7 Å². The molecule has 1 amide bonds. The molecule has 1 aliphatic rings. The number of carbonyl (C=O) groups is 1. The first kappa shape index (κ1) is 25.7. The average molecular weight is 495 g/mol. The van der Waals surface area contributed by atoms with E-state index >= 15 is 0 Å². The van der Waals surface area contributed by atoms with Gasteiger partial charge in [0.2, 0.25) is 6.41 Å².